The first-order valence-corrected chi connectivity index (χ1v) is 9.60. The molecule has 0 atom stereocenters. The molecule has 0 saturated carbocycles. The maximum Gasteiger partial charge on any atom is 0.138 e. The number of fused-ring (bicyclic) bond motifs is 1. The second kappa shape index (κ2) is 9.60. The van der Waals surface area contributed by atoms with Crippen molar-refractivity contribution in [3.05, 3.63) is 90.4 Å². The van der Waals surface area contributed by atoms with Crippen LogP contribution < -0.4 is 15.4 Å². The molecule has 28 heavy (non-hydrogen) atoms. The van der Waals surface area contributed by atoms with Gasteiger partial charge in [-0.1, -0.05) is 56.0 Å². The highest BCUT2D eigenvalue weighted by Gasteiger charge is 2.07. The Morgan fingerprint density at radius 3 is 2.64 bits per heavy atom. The zero-order valence-corrected chi connectivity index (χ0v) is 16.5. The first-order chi connectivity index (χ1) is 13.7. The number of nitrogens with one attached hydrogen (secondary N) is 2. The zero-order chi connectivity index (χ0) is 19.8. The van der Waals surface area contributed by atoms with Crippen molar-refractivity contribution in [3.63, 3.8) is 0 Å². The molecule has 4 nitrogen and oxygen atoms in total. The summed E-state index contributed by atoms with van der Waals surface area (Å²) < 4.78 is 5.88. The lowest BCUT2D eigenvalue weighted by molar-refractivity contribution is 0.302. The van der Waals surface area contributed by atoms with E-state index in [-0.39, 0.29) is 0 Å². The van der Waals surface area contributed by atoms with E-state index in [0.29, 0.717) is 6.61 Å². The van der Waals surface area contributed by atoms with Gasteiger partial charge in [0.2, 0.25) is 0 Å². The van der Waals surface area contributed by atoms with Crippen LogP contribution in [0.4, 0.5) is 5.82 Å². The van der Waals surface area contributed by atoms with E-state index in [1.165, 1.54) is 0 Å². The number of benzene rings is 2. The van der Waals surface area contributed by atoms with Gasteiger partial charge in [0.05, 0.1) is 5.69 Å². The van der Waals surface area contributed by atoms with Gasteiger partial charge >= 0.3 is 0 Å². The Morgan fingerprint density at radius 2 is 1.86 bits per heavy atom. The fourth-order valence-electron chi connectivity index (χ4n) is 2.92. The van der Waals surface area contributed by atoms with Gasteiger partial charge < -0.3 is 15.4 Å². The Hall–Kier alpha value is -3.27. The van der Waals surface area contributed by atoms with Gasteiger partial charge in [-0.3, -0.25) is 0 Å². The molecule has 0 unspecified atom stereocenters. The molecule has 1 aromatic heterocycles. The van der Waals surface area contributed by atoms with Crippen molar-refractivity contribution in [2.75, 3.05) is 11.9 Å². The third kappa shape index (κ3) is 5.36. The predicted molar refractivity (Wildman–Crippen MR) is 117 cm³/mol. The second-order valence-corrected chi connectivity index (χ2v) is 6.69. The number of para-hydroxylation sites is 1. The summed E-state index contributed by atoms with van der Waals surface area (Å²) in [5.41, 5.74) is 2.73. The number of anilines is 1. The van der Waals surface area contributed by atoms with Gasteiger partial charge in [-0.05, 0) is 43.0 Å². The van der Waals surface area contributed by atoms with E-state index in [1.54, 1.807) is 0 Å². The molecule has 2 aromatic carbocycles. The Bertz CT molecular complexity index is 964. The average Bonchev–Trinajstić information content (AvgIpc) is 2.71. The van der Waals surface area contributed by atoms with Gasteiger partial charge in [0.1, 0.15) is 18.2 Å². The van der Waals surface area contributed by atoms with Crippen LogP contribution in [-0.4, -0.2) is 11.5 Å². The first-order valence-electron chi connectivity index (χ1n) is 9.60. The lowest BCUT2D eigenvalue weighted by Gasteiger charge is -2.13. The molecule has 144 valence electrons. The van der Waals surface area contributed by atoms with E-state index >= 15 is 0 Å². The highest BCUT2D eigenvalue weighted by Crippen LogP contribution is 2.24. The molecule has 0 spiro atoms. The third-order valence-corrected chi connectivity index (χ3v) is 4.25. The van der Waals surface area contributed by atoms with E-state index in [4.69, 9.17) is 9.72 Å². The highest BCUT2D eigenvalue weighted by molar-refractivity contribution is 5.92. The summed E-state index contributed by atoms with van der Waals surface area (Å²) in [4.78, 5) is 4.78. The topological polar surface area (TPSA) is 46.2 Å². The van der Waals surface area contributed by atoms with Crippen molar-refractivity contribution >= 4 is 16.6 Å². The van der Waals surface area contributed by atoms with E-state index in [1.807, 2.05) is 55.5 Å². The molecule has 0 fully saturated rings. The number of aromatic nitrogens is 1. The number of allylic oxidation sites excluding steroid dienone is 2. The van der Waals surface area contributed by atoms with Crippen LogP contribution >= 0.6 is 0 Å². The molecule has 1 heterocycles. The SMILES string of the molecule is C=C(/C=C(/C)NCCC)Nc1nc(COc2ccccc2)cc2ccccc12. The van der Waals surface area contributed by atoms with Crippen LogP contribution in [0.5, 0.6) is 5.75 Å². The minimum Gasteiger partial charge on any atom is -0.487 e. The van der Waals surface area contributed by atoms with Crippen LogP contribution in [0.2, 0.25) is 0 Å². The summed E-state index contributed by atoms with van der Waals surface area (Å²) in [6.07, 6.45) is 3.08. The number of hydrogen-bond donors (Lipinski definition) is 2. The first kappa shape index (κ1) is 19.5. The average molecular weight is 374 g/mol. The predicted octanol–water partition coefficient (Wildman–Crippen LogP) is 5.64. The summed E-state index contributed by atoms with van der Waals surface area (Å²) in [5.74, 6) is 1.62. The number of rotatable bonds is 9. The maximum absolute atomic E-state index is 5.88. The minimum absolute atomic E-state index is 0.406. The normalized spacial score (nSPS) is 11.3. The largest absolute Gasteiger partial charge is 0.487 e. The summed E-state index contributed by atoms with van der Waals surface area (Å²) in [5, 5.41) is 8.88. The Kier molecular flexibility index (Phi) is 6.68. The molecule has 3 rings (SSSR count). The van der Waals surface area contributed by atoms with Crippen molar-refractivity contribution in [3.8, 4) is 5.75 Å². The van der Waals surface area contributed by atoms with Crippen molar-refractivity contribution in [2.45, 2.75) is 26.9 Å². The number of ether oxygens (including phenoxy) is 1. The fourth-order valence-corrected chi connectivity index (χ4v) is 2.92. The van der Waals surface area contributed by atoms with Gasteiger partial charge in [-0.15, -0.1) is 0 Å². The van der Waals surface area contributed by atoms with Crippen molar-refractivity contribution in [1.29, 1.82) is 0 Å². The Labute approximate surface area is 167 Å². The van der Waals surface area contributed by atoms with Crippen LogP contribution in [0.1, 0.15) is 26.0 Å². The maximum atomic E-state index is 5.88. The van der Waals surface area contributed by atoms with Crippen molar-refractivity contribution in [2.24, 2.45) is 0 Å². The zero-order valence-electron chi connectivity index (χ0n) is 16.5. The quantitative estimate of drug-likeness (QED) is 0.476. The molecule has 0 saturated heterocycles. The molecule has 0 radical (unpaired) electrons. The summed E-state index contributed by atoms with van der Waals surface area (Å²) in [6.45, 7) is 9.67. The van der Waals surface area contributed by atoms with Crippen molar-refractivity contribution in [1.82, 2.24) is 10.3 Å². The van der Waals surface area contributed by atoms with E-state index in [9.17, 15) is 0 Å². The van der Waals surface area contributed by atoms with E-state index < -0.39 is 0 Å². The number of nitrogens with zero attached hydrogens (tertiary/aromatic N) is 1. The lowest BCUT2D eigenvalue weighted by atomic mass is 10.1. The molecule has 3 aromatic rings. The monoisotopic (exact) mass is 373 g/mol. The van der Waals surface area contributed by atoms with Crippen LogP contribution in [0.25, 0.3) is 10.8 Å². The molecule has 0 bridgehead atoms. The lowest BCUT2D eigenvalue weighted by Crippen LogP contribution is -2.12. The molecule has 2 N–H and O–H groups in total. The van der Waals surface area contributed by atoms with Gasteiger partial charge in [0, 0.05) is 23.3 Å². The molecule has 0 aliphatic heterocycles. The number of hydrogen-bond acceptors (Lipinski definition) is 4. The van der Waals surface area contributed by atoms with Crippen LogP contribution in [0.3, 0.4) is 0 Å². The van der Waals surface area contributed by atoms with Crippen LogP contribution in [0, 0.1) is 0 Å². The Morgan fingerprint density at radius 1 is 1.11 bits per heavy atom. The molecule has 0 aliphatic rings. The summed E-state index contributed by atoms with van der Waals surface area (Å²) >= 11 is 0. The fraction of sp³-hybridized carbons (Fsp3) is 0.208. The standard InChI is InChI=1S/C24H27N3O/c1-4-14-25-18(2)15-19(3)26-24-23-13-9-8-10-20(23)16-21(27-24)17-28-22-11-6-5-7-12-22/h5-13,15-16,25H,3-4,14,17H2,1-2H3,(H,26,27)/b18-15-. The van der Waals surface area contributed by atoms with E-state index in [2.05, 4.69) is 42.3 Å². The van der Waals surface area contributed by atoms with Crippen LogP contribution in [0.15, 0.2) is 84.7 Å². The van der Waals surface area contributed by atoms with E-state index in [0.717, 1.165) is 52.4 Å². The Balaban J connectivity index is 1.81. The minimum atomic E-state index is 0.406. The molecular weight excluding hydrogens is 346 g/mol. The smallest absolute Gasteiger partial charge is 0.138 e. The van der Waals surface area contributed by atoms with Gasteiger partial charge in [-0.25, -0.2) is 4.98 Å². The molecular formula is C24H27N3O. The summed E-state index contributed by atoms with van der Waals surface area (Å²) in [6, 6.07) is 20.0. The molecule has 4 heteroatoms. The third-order valence-electron chi connectivity index (χ3n) is 4.25. The highest BCUT2D eigenvalue weighted by atomic mass is 16.5. The second-order valence-electron chi connectivity index (χ2n) is 6.69. The number of pyridine rings is 1. The van der Waals surface area contributed by atoms with Gasteiger partial charge in [0.15, 0.2) is 0 Å². The van der Waals surface area contributed by atoms with Gasteiger partial charge in [-0.2, -0.15) is 0 Å². The van der Waals surface area contributed by atoms with Crippen LogP contribution in [-0.2, 0) is 6.61 Å². The molecule has 0 aliphatic carbocycles. The molecule has 0 amide bonds. The van der Waals surface area contributed by atoms with Crippen molar-refractivity contribution < 1.29 is 4.74 Å². The van der Waals surface area contributed by atoms with Gasteiger partial charge in [0.25, 0.3) is 0 Å². The summed E-state index contributed by atoms with van der Waals surface area (Å²) in [7, 11) is 0.